The van der Waals surface area contributed by atoms with Gasteiger partial charge in [0, 0.05) is 29.2 Å². The second kappa shape index (κ2) is 7.32. The molecule has 1 aromatic carbocycles. The van der Waals surface area contributed by atoms with Gasteiger partial charge in [-0.15, -0.1) is 11.3 Å². The van der Waals surface area contributed by atoms with E-state index in [4.69, 9.17) is 11.6 Å². The number of hydrogen-bond donors (Lipinski definition) is 1. The molecule has 12 heteroatoms. The molecule has 28 heavy (non-hydrogen) atoms. The van der Waals surface area contributed by atoms with Crippen LogP contribution in [0.15, 0.2) is 46.0 Å². The Labute approximate surface area is 174 Å². The molecule has 1 aliphatic heterocycles. The lowest BCUT2D eigenvalue weighted by atomic mass is 10.1. The van der Waals surface area contributed by atoms with Crippen LogP contribution in [0.2, 0.25) is 5.02 Å². The number of thioether (sulfide) groups is 1. The molecular formula is C16H12ClN5O3S3. The average molecular weight is 454 g/mol. The molecule has 0 aliphatic carbocycles. The third-order valence-electron chi connectivity index (χ3n) is 3.94. The van der Waals surface area contributed by atoms with Crippen molar-refractivity contribution in [1.29, 1.82) is 0 Å². The number of halogens is 1. The number of fused-ring (bicyclic) bond motifs is 3. The van der Waals surface area contributed by atoms with E-state index in [9.17, 15) is 13.2 Å². The highest BCUT2D eigenvalue weighted by atomic mass is 35.5. The molecule has 144 valence electrons. The molecule has 0 radical (unpaired) electrons. The van der Waals surface area contributed by atoms with Crippen LogP contribution in [-0.4, -0.2) is 42.1 Å². The highest BCUT2D eigenvalue weighted by Crippen LogP contribution is 2.42. The van der Waals surface area contributed by atoms with E-state index < -0.39 is 10.0 Å². The van der Waals surface area contributed by atoms with Crippen LogP contribution < -0.4 is 9.62 Å². The lowest BCUT2D eigenvalue weighted by molar-refractivity contribution is -0.113. The Morgan fingerprint density at radius 1 is 1.36 bits per heavy atom. The summed E-state index contributed by atoms with van der Waals surface area (Å²) in [5.41, 5.74) is 1.37. The molecule has 0 bridgehead atoms. The zero-order valence-corrected chi connectivity index (χ0v) is 17.5. The Balaban J connectivity index is 1.63. The number of thiazole rings is 1. The number of hydrogen-bond acceptors (Lipinski definition) is 8. The highest BCUT2D eigenvalue weighted by Gasteiger charge is 2.34. The number of benzene rings is 1. The molecule has 1 aliphatic rings. The number of anilines is 2. The number of nitrogens with zero attached hydrogens (tertiary/aromatic N) is 4. The monoisotopic (exact) mass is 453 g/mol. The topological polar surface area (TPSA) is 105 Å². The molecule has 3 aromatic rings. The third kappa shape index (κ3) is 3.46. The third-order valence-corrected chi connectivity index (χ3v) is 7.49. The zero-order chi connectivity index (χ0) is 19.9. The number of amides is 1. The van der Waals surface area contributed by atoms with Gasteiger partial charge in [0.05, 0.1) is 23.3 Å². The van der Waals surface area contributed by atoms with Gasteiger partial charge in [0.25, 0.3) is 10.0 Å². The maximum atomic E-state index is 12.8. The van der Waals surface area contributed by atoms with E-state index in [1.54, 1.807) is 29.8 Å². The summed E-state index contributed by atoms with van der Waals surface area (Å²) in [4.78, 5) is 24.5. The molecule has 1 amide bonds. The number of carbonyl (C=O) groups is 1. The quantitative estimate of drug-likeness (QED) is 0.477. The number of nitrogens with one attached hydrogen (secondary N) is 1. The average Bonchev–Trinajstić information content (AvgIpc) is 3.17. The molecule has 0 atom stereocenters. The van der Waals surface area contributed by atoms with Crippen LogP contribution in [-0.2, 0) is 14.8 Å². The molecule has 0 spiro atoms. The molecule has 0 unspecified atom stereocenters. The van der Waals surface area contributed by atoms with Crippen LogP contribution >= 0.6 is 34.7 Å². The van der Waals surface area contributed by atoms with Crippen LogP contribution in [0.4, 0.5) is 10.8 Å². The lowest BCUT2D eigenvalue weighted by Gasteiger charge is -2.28. The van der Waals surface area contributed by atoms with Gasteiger partial charge in [0.15, 0.2) is 10.3 Å². The first-order valence-corrected chi connectivity index (χ1v) is 11.5. The Morgan fingerprint density at radius 2 is 2.18 bits per heavy atom. The first kappa shape index (κ1) is 19.1. The molecule has 4 rings (SSSR count). The summed E-state index contributed by atoms with van der Waals surface area (Å²) >= 11 is 8.46. The molecule has 8 nitrogen and oxygen atoms in total. The Kier molecular flexibility index (Phi) is 5.00. The van der Waals surface area contributed by atoms with Gasteiger partial charge in [-0.3, -0.25) is 9.10 Å². The summed E-state index contributed by atoms with van der Waals surface area (Å²) in [5, 5.41) is 5.66. The van der Waals surface area contributed by atoms with Crippen molar-refractivity contribution in [3.05, 3.63) is 41.0 Å². The minimum Gasteiger partial charge on any atom is -0.301 e. The fourth-order valence-corrected chi connectivity index (χ4v) is 5.24. The number of sulfonamides is 1. The molecule has 0 saturated heterocycles. The second-order valence-corrected chi connectivity index (χ2v) is 9.88. The summed E-state index contributed by atoms with van der Waals surface area (Å²) in [5.74, 6) is -0.181. The molecule has 3 heterocycles. The fourth-order valence-electron chi connectivity index (χ4n) is 2.62. The van der Waals surface area contributed by atoms with Crippen molar-refractivity contribution >= 4 is 61.4 Å². The van der Waals surface area contributed by atoms with Gasteiger partial charge in [0.2, 0.25) is 5.91 Å². The predicted octanol–water partition coefficient (Wildman–Crippen LogP) is 3.12. The summed E-state index contributed by atoms with van der Waals surface area (Å²) in [6.07, 6.45) is 2.87. The largest absolute Gasteiger partial charge is 0.301 e. The van der Waals surface area contributed by atoms with Crippen LogP contribution in [0.1, 0.15) is 0 Å². The van der Waals surface area contributed by atoms with E-state index in [0.717, 1.165) is 16.1 Å². The van der Waals surface area contributed by atoms with Gasteiger partial charge in [0.1, 0.15) is 4.90 Å². The Bertz CT molecular complexity index is 1170. The van der Waals surface area contributed by atoms with Crippen LogP contribution in [0.5, 0.6) is 0 Å². The van der Waals surface area contributed by atoms with Crippen LogP contribution in [0.25, 0.3) is 11.3 Å². The van der Waals surface area contributed by atoms with Crippen LogP contribution in [0.3, 0.4) is 0 Å². The smallest absolute Gasteiger partial charge is 0.267 e. The van der Waals surface area contributed by atoms with Crippen molar-refractivity contribution in [2.24, 2.45) is 0 Å². The molecule has 0 fully saturated rings. The Hall–Kier alpha value is -2.21. The maximum absolute atomic E-state index is 12.8. The van der Waals surface area contributed by atoms with Gasteiger partial charge >= 0.3 is 0 Å². The summed E-state index contributed by atoms with van der Waals surface area (Å²) in [6.45, 7) is 0. The molecule has 1 N–H and O–H groups in total. The molecular weight excluding hydrogens is 442 g/mol. The van der Waals surface area contributed by atoms with Gasteiger partial charge < -0.3 is 5.32 Å². The zero-order valence-electron chi connectivity index (χ0n) is 14.3. The minimum atomic E-state index is -3.78. The number of carbonyl (C=O) groups excluding carboxylic acids is 1. The van der Waals surface area contributed by atoms with Crippen molar-refractivity contribution in [1.82, 2.24) is 15.0 Å². The SMILES string of the molecule is CN1c2cc(Cl)ccc2-c2nc(SCC(=O)Nc3nccs3)ncc2S1(=O)=O. The number of aromatic nitrogens is 3. The van der Waals surface area contributed by atoms with Crippen LogP contribution in [0, 0.1) is 0 Å². The van der Waals surface area contributed by atoms with Crippen molar-refractivity contribution < 1.29 is 13.2 Å². The predicted molar refractivity (Wildman–Crippen MR) is 110 cm³/mol. The fraction of sp³-hybridized carbons (Fsp3) is 0.125. The lowest BCUT2D eigenvalue weighted by Crippen LogP contribution is -2.31. The van der Waals surface area contributed by atoms with Gasteiger partial charge in [-0.25, -0.2) is 23.4 Å². The summed E-state index contributed by atoms with van der Waals surface area (Å²) in [7, 11) is -2.32. The highest BCUT2D eigenvalue weighted by molar-refractivity contribution is 7.99. The normalized spacial score (nSPS) is 14.3. The first-order valence-electron chi connectivity index (χ1n) is 7.84. The molecule has 2 aromatic heterocycles. The second-order valence-electron chi connectivity index (χ2n) is 5.67. The molecule has 0 saturated carbocycles. The first-order chi connectivity index (χ1) is 13.4. The van der Waals surface area contributed by atoms with E-state index in [2.05, 4.69) is 20.3 Å². The summed E-state index contributed by atoms with van der Waals surface area (Å²) in [6, 6.07) is 4.97. The number of rotatable bonds is 4. The minimum absolute atomic E-state index is 0.0152. The van der Waals surface area contributed by atoms with E-state index in [1.807, 2.05) is 0 Å². The summed E-state index contributed by atoms with van der Waals surface area (Å²) < 4.78 is 26.7. The van der Waals surface area contributed by atoms with E-state index in [1.165, 1.54) is 24.6 Å². The van der Waals surface area contributed by atoms with Gasteiger partial charge in [-0.05, 0) is 18.2 Å². The van der Waals surface area contributed by atoms with E-state index in [0.29, 0.717) is 32.3 Å². The Morgan fingerprint density at radius 3 is 2.93 bits per heavy atom. The maximum Gasteiger partial charge on any atom is 0.267 e. The van der Waals surface area contributed by atoms with E-state index in [-0.39, 0.29) is 16.6 Å². The van der Waals surface area contributed by atoms with Crippen molar-refractivity contribution in [2.75, 3.05) is 22.4 Å². The van der Waals surface area contributed by atoms with Gasteiger partial charge in [-0.2, -0.15) is 0 Å². The van der Waals surface area contributed by atoms with Crippen molar-refractivity contribution in [3.63, 3.8) is 0 Å². The van der Waals surface area contributed by atoms with Crippen molar-refractivity contribution in [2.45, 2.75) is 10.1 Å². The standard InChI is InChI=1S/C16H12ClN5O3S3/c1-22-11-6-9(17)2-3-10(11)14-12(28(22,24)25)7-19-16(21-14)27-8-13(23)20-15-18-4-5-26-15/h2-7H,8H2,1H3,(H,18,20,23). The van der Waals surface area contributed by atoms with E-state index >= 15 is 0 Å². The van der Waals surface area contributed by atoms with Gasteiger partial charge in [-0.1, -0.05) is 23.4 Å². The van der Waals surface area contributed by atoms with Crippen molar-refractivity contribution in [3.8, 4) is 11.3 Å².